The average Bonchev–Trinajstić information content (AvgIpc) is 3.15. The lowest BCUT2D eigenvalue weighted by Crippen LogP contribution is -2.20. The van der Waals surface area contributed by atoms with Crippen molar-refractivity contribution in [1.82, 2.24) is 4.98 Å². The third-order valence-electron chi connectivity index (χ3n) is 4.40. The molecule has 1 aromatic heterocycles. The third-order valence-corrected chi connectivity index (χ3v) is 6.00. The van der Waals surface area contributed by atoms with Crippen molar-refractivity contribution < 1.29 is 23.8 Å². The number of benzene rings is 2. The molecule has 0 fully saturated rings. The van der Waals surface area contributed by atoms with Crippen LogP contribution >= 0.6 is 22.9 Å². The number of nitrogens with zero attached hydrogens (tertiary/aromatic N) is 1. The van der Waals surface area contributed by atoms with Gasteiger partial charge in [0.25, 0.3) is 5.91 Å². The molecule has 162 valence electrons. The van der Waals surface area contributed by atoms with Gasteiger partial charge < -0.3 is 19.5 Å². The van der Waals surface area contributed by atoms with Crippen LogP contribution in [0.15, 0.2) is 36.4 Å². The van der Waals surface area contributed by atoms with Crippen LogP contribution in [0, 0.1) is 13.8 Å². The molecule has 2 aromatic carbocycles. The Hall–Kier alpha value is -3.10. The minimum Gasteiger partial charge on any atom is -0.493 e. The van der Waals surface area contributed by atoms with Crippen LogP contribution in [-0.2, 0) is 9.53 Å². The van der Waals surface area contributed by atoms with Gasteiger partial charge in [0.15, 0.2) is 18.1 Å². The number of nitrogens with one attached hydrogen (secondary N) is 1. The quantitative estimate of drug-likeness (QED) is 0.505. The number of hydrogen-bond acceptors (Lipinski definition) is 7. The summed E-state index contributed by atoms with van der Waals surface area (Å²) in [6, 6.07) is 10.5. The molecule has 0 aliphatic heterocycles. The van der Waals surface area contributed by atoms with Gasteiger partial charge in [-0.3, -0.25) is 4.79 Å². The summed E-state index contributed by atoms with van der Waals surface area (Å²) in [6.45, 7) is 3.16. The van der Waals surface area contributed by atoms with E-state index in [9.17, 15) is 9.59 Å². The van der Waals surface area contributed by atoms with Crippen molar-refractivity contribution >= 4 is 40.5 Å². The molecule has 0 spiro atoms. The SMILES string of the molecule is COc1ccc(-c2nc(C)c(C(=O)OCC(=O)Nc3ccc(C)c(Cl)c3)s2)cc1OC. The summed E-state index contributed by atoms with van der Waals surface area (Å²) in [5.74, 6) is 0.0827. The molecule has 1 amide bonds. The van der Waals surface area contributed by atoms with E-state index < -0.39 is 18.5 Å². The molecule has 3 rings (SSSR count). The van der Waals surface area contributed by atoms with Crippen molar-refractivity contribution in [3.8, 4) is 22.1 Å². The van der Waals surface area contributed by atoms with Crippen LogP contribution in [0.5, 0.6) is 11.5 Å². The molecule has 0 aliphatic carbocycles. The number of ether oxygens (including phenoxy) is 3. The smallest absolute Gasteiger partial charge is 0.350 e. The zero-order valence-corrected chi connectivity index (χ0v) is 19.0. The minimum absolute atomic E-state index is 0.330. The molecule has 31 heavy (non-hydrogen) atoms. The zero-order chi connectivity index (χ0) is 22.5. The van der Waals surface area contributed by atoms with Crippen LogP contribution in [0.3, 0.4) is 0 Å². The fourth-order valence-corrected chi connectivity index (χ4v) is 3.88. The number of hydrogen-bond donors (Lipinski definition) is 1. The summed E-state index contributed by atoms with van der Waals surface area (Å²) in [5, 5.41) is 3.82. The number of rotatable bonds is 7. The molecule has 1 heterocycles. The number of esters is 1. The Morgan fingerprint density at radius 1 is 1.06 bits per heavy atom. The Morgan fingerprint density at radius 2 is 1.81 bits per heavy atom. The van der Waals surface area contributed by atoms with Crippen LogP contribution in [0.4, 0.5) is 5.69 Å². The van der Waals surface area contributed by atoms with Crippen LogP contribution < -0.4 is 14.8 Å². The fraction of sp³-hybridized carbons (Fsp3) is 0.227. The van der Waals surface area contributed by atoms with E-state index in [0.29, 0.717) is 37.8 Å². The number of anilines is 1. The van der Waals surface area contributed by atoms with Crippen molar-refractivity contribution in [3.63, 3.8) is 0 Å². The number of aryl methyl sites for hydroxylation is 2. The van der Waals surface area contributed by atoms with E-state index >= 15 is 0 Å². The van der Waals surface area contributed by atoms with Gasteiger partial charge in [-0.2, -0.15) is 0 Å². The van der Waals surface area contributed by atoms with Crippen LogP contribution in [-0.4, -0.2) is 37.7 Å². The van der Waals surface area contributed by atoms with Gasteiger partial charge in [0.05, 0.1) is 19.9 Å². The minimum atomic E-state index is -0.612. The highest BCUT2D eigenvalue weighted by Gasteiger charge is 2.19. The molecule has 0 aliphatic rings. The van der Waals surface area contributed by atoms with Crippen LogP contribution in [0.1, 0.15) is 20.9 Å². The Kier molecular flexibility index (Phi) is 7.14. The van der Waals surface area contributed by atoms with Crippen molar-refractivity contribution in [2.24, 2.45) is 0 Å². The molecular formula is C22H21ClN2O5S. The van der Waals surface area contributed by atoms with E-state index in [0.717, 1.165) is 11.1 Å². The first-order valence-corrected chi connectivity index (χ1v) is 10.4. The number of carbonyl (C=O) groups is 2. The molecular weight excluding hydrogens is 440 g/mol. The van der Waals surface area contributed by atoms with E-state index in [4.69, 9.17) is 25.8 Å². The lowest BCUT2D eigenvalue weighted by Gasteiger charge is -2.08. The molecule has 0 atom stereocenters. The number of aromatic nitrogens is 1. The highest BCUT2D eigenvalue weighted by atomic mass is 35.5. The standard InChI is InChI=1S/C22H21ClN2O5S/c1-12-5-7-15(10-16(12)23)25-19(26)11-30-22(27)20-13(2)24-21(31-20)14-6-8-17(28-3)18(9-14)29-4/h5-10H,11H2,1-4H3,(H,25,26). The van der Waals surface area contributed by atoms with Crippen LogP contribution in [0.25, 0.3) is 10.6 Å². The van der Waals surface area contributed by atoms with Crippen molar-refractivity contribution in [2.45, 2.75) is 13.8 Å². The van der Waals surface area contributed by atoms with Crippen molar-refractivity contribution in [1.29, 1.82) is 0 Å². The van der Waals surface area contributed by atoms with Gasteiger partial charge in [0.1, 0.15) is 9.88 Å². The predicted molar refractivity (Wildman–Crippen MR) is 120 cm³/mol. The Bertz CT molecular complexity index is 1130. The summed E-state index contributed by atoms with van der Waals surface area (Å²) < 4.78 is 15.7. The van der Waals surface area contributed by atoms with E-state index in [1.54, 1.807) is 51.5 Å². The molecule has 0 radical (unpaired) electrons. The molecule has 0 bridgehead atoms. The second-order valence-corrected chi connectivity index (χ2v) is 8.00. The van der Waals surface area contributed by atoms with Crippen molar-refractivity contribution in [3.05, 3.63) is 57.6 Å². The largest absolute Gasteiger partial charge is 0.493 e. The van der Waals surface area contributed by atoms with E-state index in [2.05, 4.69) is 10.3 Å². The lowest BCUT2D eigenvalue weighted by molar-refractivity contribution is -0.119. The van der Waals surface area contributed by atoms with Gasteiger partial charge in [0.2, 0.25) is 0 Å². The maximum absolute atomic E-state index is 12.5. The summed E-state index contributed by atoms with van der Waals surface area (Å²) in [5.41, 5.74) is 2.72. The number of halogens is 1. The summed E-state index contributed by atoms with van der Waals surface area (Å²) in [6.07, 6.45) is 0. The Balaban J connectivity index is 1.66. The van der Waals surface area contributed by atoms with Gasteiger partial charge in [-0.05, 0) is 49.7 Å². The first-order chi connectivity index (χ1) is 14.8. The number of carbonyl (C=O) groups excluding carboxylic acids is 2. The molecule has 0 saturated heterocycles. The molecule has 0 unspecified atom stereocenters. The topological polar surface area (TPSA) is 86.8 Å². The van der Waals surface area contributed by atoms with E-state index in [-0.39, 0.29) is 0 Å². The number of amides is 1. The Morgan fingerprint density at radius 3 is 2.48 bits per heavy atom. The second kappa shape index (κ2) is 9.80. The fourth-order valence-electron chi connectivity index (χ4n) is 2.74. The maximum Gasteiger partial charge on any atom is 0.350 e. The average molecular weight is 461 g/mol. The zero-order valence-electron chi connectivity index (χ0n) is 17.4. The van der Waals surface area contributed by atoms with Gasteiger partial charge >= 0.3 is 5.97 Å². The van der Waals surface area contributed by atoms with Gasteiger partial charge in [-0.1, -0.05) is 17.7 Å². The first-order valence-electron chi connectivity index (χ1n) is 9.25. The van der Waals surface area contributed by atoms with Gasteiger partial charge in [-0.15, -0.1) is 11.3 Å². The van der Waals surface area contributed by atoms with Gasteiger partial charge in [0, 0.05) is 16.3 Å². The molecule has 0 saturated carbocycles. The first kappa shape index (κ1) is 22.6. The molecule has 9 heteroatoms. The normalized spacial score (nSPS) is 10.5. The summed E-state index contributed by atoms with van der Waals surface area (Å²) in [7, 11) is 3.11. The van der Waals surface area contributed by atoms with Crippen LogP contribution in [0.2, 0.25) is 5.02 Å². The van der Waals surface area contributed by atoms with Gasteiger partial charge in [-0.25, -0.2) is 9.78 Å². The highest BCUT2D eigenvalue weighted by molar-refractivity contribution is 7.17. The molecule has 1 N–H and O–H groups in total. The predicted octanol–water partition coefficient (Wildman–Crippen LogP) is 4.89. The van der Waals surface area contributed by atoms with E-state index in [1.165, 1.54) is 11.3 Å². The molecule has 3 aromatic rings. The summed E-state index contributed by atoms with van der Waals surface area (Å²) >= 11 is 7.24. The maximum atomic E-state index is 12.5. The number of methoxy groups -OCH3 is 2. The number of thiazole rings is 1. The monoisotopic (exact) mass is 460 g/mol. The third kappa shape index (κ3) is 5.34. The lowest BCUT2D eigenvalue weighted by atomic mass is 10.2. The highest BCUT2D eigenvalue weighted by Crippen LogP contribution is 2.35. The Labute approximate surface area is 188 Å². The second-order valence-electron chi connectivity index (χ2n) is 6.59. The molecule has 7 nitrogen and oxygen atoms in total. The van der Waals surface area contributed by atoms with E-state index in [1.807, 2.05) is 13.0 Å². The van der Waals surface area contributed by atoms with Crippen molar-refractivity contribution in [2.75, 3.05) is 26.1 Å². The summed E-state index contributed by atoms with van der Waals surface area (Å²) in [4.78, 5) is 29.4.